The molecule has 0 atom stereocenters. The predicted molar refractivity (Wildman–Crippen MR) is 94.1 cm³/mol. The van der Waals surface area contributed by atoms with Crippen LogP contribution in [-0.4, -0.2) is 43.2 Å². The molecule has 26 heavy (non-hydrogen) atoms. The number of ether oxygens (including phenoxy) is 1. The smallest absolute Gasteiger partial charge is 0.312 e. The fourth-order valence-corrected chi connectivity index (χ4v) is 2.67. The van der Waals surface area contributed by atoms with Crippen LogP contribution in [0.2, 0.25) is 0 Å². The van der Waals surface area contributed by atoms with Gasteiger partial charge in [0.1, 0.15) is 23.5 Å². The SMILES string of the molecule is COc1ccc(/C=N/c2ncn[nH]2)cc1Cn1nc(C)c([N+](=O)[O-])c1C. The van der Waals surface area contributed by atoms with Crippen molar-refractivity contribution in [2.75, 3.05) is 7.11 Å². The number of hydrogen-bond acceptors (Lipinski definition) is 7. The molecule has 3 rings (SSSR count). The Labute approximate surface area is 148 Å². The molecular formula is C16H17N7O3. The molecule has 0 saturated heterocycles. The molecule has 0 unspecified atom stereocenters. The molecular weight excluding hydrogens is 338 g/mol. The topological polar surface area (TPSA) is 124 Å². The molecule has 3 aromatic rings. The first-order valence-electron chi connectivity index (χ1n) is 7.74. The number of rotatable bonds is 6. The van der Waals surface area contributed by atoms with E-state index in [9.17, 15) is 10.1 Å². The molecule has 0 radical (unpaired) electrons. The van der Waals surface area contributed by atoms with Crippen molar-refractivity contribution in [3.63, 3.8) is 0 Å². The number of aryl methyl sites for hydroxylation is 1. The Balaban J connectivity index is 1.93. The van der Waals surface area contributed by atoms with Crippen molar-refractivity contribution >= 4 is 17.9 Å². The average molecular weight is 355 g/mol. The van der Waals surface area contributed by atoms with Crippen LogP contribution < -0.4 is 4.74 Å². The van der Waals surface area contributed by atoms with Gasteiger partial charge in [-0.15, -0.1) is 0 Å². The van der Waals surface area contributed by atoms with Gasteiger partial charge in [0.15, 0.2) is 0 Å². The van der Waals surface area contributed by atoms with Gasteiger partial charge in [-0.2, -0.15) is 15.2 Å². The van der Waals surface area contributed by atoms with E-state index in [1.807, 2.05) is 18.2 Å². The third-order valence-corrected chi connectivity index (χ3v) is 3.89. The average Bonchev–Trinajstić information content (AvgIpc) is 3.21. The third-order valence-electron chi connectivity index (χ3n) is 3.89. The standard InChI is InChI=1S/C16H17N7O3/c1-10-15(23(24)25)11(2)22(21-10)8-13-6-12(4-5-14(13)26-3)7-17-16-18-9-19-20-16/h4-7,9H,8H2,1-3H3,(H,18,19,20)/b17-7+. The summed E-state index contributed by atoms with van der Waals surface area (Å²) in [5.41, 5.74) is 2.57. The van der Waals surface area contributed by atoms with Gasteiger partial charge < -0.3 is 4.74 Å². The van der Waals surface area contributed by atoms with E-state index in [0.29, 0.717) is 29.6 Å². The fraction of sp³-hybridized carbons (Fsp3) is 0.250. The van der Waals surface area contributed by atoms with Crippen LogP contribution in [-0.2, 0) is 6.54 Å². The van der Waals surface area contributed by atoms with E-state index in [2.05, 4.69) is 25.3 Å². The van der Waals surface area contributed by atoms with Gasteiger partial charge in [0.2, 0.25) is 5.95 Å². The highest BCUT2D eigenvalue weighted by Gasteiger charge is 2.22. The summed E-state index contributed by atoms with van der Waals surface area (Å²) in [4.78, 5) is 18.9. The number of nitrogens with one attached hydrogen (secondary N) is 1. The number of nitrogens with zero attached hydrogens (tertiary/aromatic N) is 6. The molecule has 2 aromatic heterocycles. The van der Waals surface area contributed by atoms with E-state index in [1.165, 1.54) is 6.33 Å². The van der Waals surface area contributed by atoms with Crippen molar-refractivity contribution in [1.82, 2.24) is 25.0 Å². The molecule has 134 valence electrons. The third kappa shape index (κ3) is 3.43. The lowest BCUT2D eigenvalue weighted by molar-refractivity contribution is -0.386. The summed E-state index contributed by atoms with van der Waals surface area (Å²) in [5.74, 6) is 1.06. The first-order valence-corrected chi connectivity index (χ1v) is 7.74. The Hall–Kier alpha value is -3.56. The van der Waals surface area contributed by atoms with Gasteiger partial charge in [0, 0.05) is 11.8 Å². The van der Waals surface area contributed by atoms with Crippen LogP contribution in [0.3, 0.4) is 0 Å². The van der Waals surface area contributed by atoms with E-state index in [1.54, 1.807) is 31.9 Å². The molecule has 0 spiro atoms. The van der Waals surface area contributed by atoms with Crippen molar-refractivity contribution in [2.45, 2.75) is 20.4 Å². The minimum atomic E-state index is -0.411. The Morgan fingerprint density at radius 1 is 1.42 bits per heavy atom. The summed E-state index contributed by atoms with van der Waals surface area (Å²) in [7, 11) is 1.57. The van der Waals surface area contributed by atoms with Gasteiger partial charge in [0.05, 0.1) is 18.6 Å². The summed E-state index contributed by atoms with van der Waals surface area (Å²) in [5, 5.41) is 21.8. The summed E-state index contributed by atoms with van der Waals surface area (Å²) in [6, 6.07) is 5.56. The molecule has 0 amide bonds. The maximum absolute atomic E-state index is 11.2. The van der Waals surface area contributed by atoms with Crippen molar-refractivity contribution in [3.8, 4) is 5.75 Å². The normalized spacial score (nSPS) is 11.2. The highest BCUT2D eigenvalue weighted by Crippen LogP contribution is 2.25. The first kappa shape index (κ1) is 17.3. The van der Waals surface area contributed by atoms with E-state index in [-0.39, 0.29) is 5.69 Å². The lowest BCUT2D eigenvalue weighted by atomic mass is 10.1. The number of methoxy groups -OCH3 is 1. The van der Waals surface area contributed by atoms with Crippen molar-refractivity contribution in [3.05, 3.63) is 57.2 Å². The number of aliphatic imine (C=N–C) groups is 1. The Morgan fingerprint density at radius 2 is 2.23 bits per heavy atom. The number of benzene rings is 1. The molecule has 0 aliphatic carbocycles. The quantitative estimate of drug-likeness (QED) is 0.411. The second-order valence-corrected chi connectivity index (χ2v) is 5.57. The van der Waals surface area contributed by atoms with Gasteiger partial charge in [-0.1, -0.05) is 0 Å². The van der Waals surface area contributed by atoms with Crippen LogP contribution in [0.25, 0.3) is 0 Å². The molecule has 0 aliphatic rings. The van der Waals surface area contributed by atoms with E-state index in [0.717, 1.165) is 11.1 Å². The zero-order chi connectivity index (χ0) is 18.7. The Kier molecular flexibility index (Phi) is 4.74. The maximum atomic E-state index is 11.2. The second kappa shape index (κ2) is 7.13. The summed E-state index contributed by atoms with van der Waals surface area (Å²) in [6.45, 7) is 3.65. The predicted octanol–water partition coefficient (Wildman–Crippen LogP) is 2.33. The largest absolute Gasteiger partial charge is 0.496 e. The van der Waals surface area contributed by atoms with Crippen LogP contribution in [0.4, 0.5) is 11.6 Å². The van der Waals surface area contributed by atoms with E-state index < -0.39 is 4.92 Å². The zero-order valence-corrected chi connectivity index (χ0v) is 14.5. The molecule has 0 saturated carbocycles. The fourth-order valence-electron chi connectivity index (χ4n) is 2.67. The maximum Gasteiger partial charge on any atom is 0.312 e. The first-order chi connectivity index (χ1) is 12.5. The molecule has 0 aliphatic heterocycles. The number of hydrogen-bond donors (Lipinski definition) is 1. The monoisotopic (exact) mass is 355 g/mol. The molecule has 1 N–H and O–H groups in total. The van der Waals surface area contributed by atoms with Gasteiger partial charge in [-0.25, -0.2) is 10.1 Å². The molecule has 2 heterocycles. The van der Waals surface area contributed by atoms with Gasteiger partial charge >= 0.3 is 5.69 Å². The second-order valence-electron chi connectivity index (χ2n) is 5.57. The van der Waals surface area contributed by atoms with Crippen molar-refractivity contribution in [2.24, 2.45) is 4.99 Å². The summed E-state index contributed by atoms with van der Waals surface area (Å²) in [6.07, 6.45) is 3.02. The number of nitro groups is 1. The number of H-pyrrole nitrogens is 1. The molecule has 0 bridgehead atoms. The Bertz CT molecular complexity index is 961. The van der Waals surface area contributed by atoms with Gasteiger partial charge in [-0.05, 0) is 37.6 Å². The van der Waals surface area contributed by atoms with Crippen LogP contribution in [0.1, 0.15) is 22.5 Å². The Morgan fingerprint density at radius 3 is 2.85 bits per heavy atom. The molecule has 0 fully saturated rings. The highest BCUT2D eigenvalue weighted by atomic mass is 16.6. The zero-order valence-electron chi connectivity index (χ0n) is 14.5. The van der Waals surface area contributed by atoms with E-state index in [4.69, 9.17) is 4.74 Å². The van der Waals surface area contributed by atoms with Crippen LogP contribution >= 0.6 is 0 Å². The van der Waals surface area contributed by atoms with Crippen molar-refractivity contribution < 1.29 is 9.66 Å². The number of aromatic nitrogens is 5. The van der Waals surface area contributed by atoms with Crippen LogP contribution in [0.5, 0.6) is 5.75 Å². The van der Waals surface area contributed by atoms with Gasteiger partial charge in [0.25, 0.3) is 0 Å². The molecule has 1 aromatic carbocycles. The van der Waals surface area contributed by atoms with E-state index >= 15 is 0 Å². The van der Waals surface area contributed by atoms with Crippen LogP contribution in [0, 0.1) is 24.0 Å². The van der Waals surface area contributed by atoms with Crippen molar-refractivity contribution in [1.29, 1.82) is 0 Å². The molecule has 10 nitrogen and oxygen atoms in total. The van der Waals surface area contributed by atoms with Crippen LogP contribution in [0.15, 0.2) is 29.5 Å². The van der Waals surface area contributed by atoms with Gasteiger partial charge in [-0.3, -0.25) is 14.8 Å². The summed E-state index contributed by atoms with van der Waals surface area (Å²) >= 11 is 0. The molecule has 10 heteroatoms. The highest BCUT2D eigenvalue weighted by molar-refractivity contribution is 5.81. The minimum absolute atomic E-state index is 0.0343. The lowest BCUT2D eigenvalue weighted by Crippen LogP contribution is -2.06. The minimum Gasteiger partial charge on any atom is -0.496 e. The number of aromatic amines is 1. The summed E-state index contributed by atoms with van der Waals surface area (Å²) < 4.78 is 7.00. The lowest BCUT2D eigenvalue weighted by Gasteiger charge is -2.10.